The predicted molar refractivity (Wildman–Crippen MR) is 97.0 cm³/mol. The number of ether oxygens (including phenoxy) is 2. The maximum atomic E-state index is 12.3. The Morgan fingerprint density at radius 1 is 1.15 bits per heavy atom. The minimum absolute atomic E-state index is 0.158. The first-order valence-electron chi connectivity index (χ1n) is 8.14. The molecule has 0 atom stereocenters. The lowest BCUT2D eigenvalue weighted by molar-refractivity contribution is -0.115. The van der Waals surface area contributed by atoms with Gasteiger partial charge in [-0.25, -0.2) is 4.98 Å². The molecule has 8 heteroatoms. The van der Waals surface area contributed by atoms with E-state index in [1.54, 1.807) is 55.5 Å². The van der Waals surface area contributed by atoms with Gasteiger partial charge in [0.05, 0.1) is 12.1 Å². The fraction of sp³-hybridized carbons (Fsp3) is 0.278. The van der Waals surface area contributed by atoms with Crippen molar-refractivity contribution >= 4 is 23.3 Å². The highest BCUT2D eigenvalue weighted by Crippen LogP contribution is 2.32. The van der Waals surface area contributed by atoms with Crippen LogP contribution in [0, 0.1) is 0 Å². The number of hydrogen-bond donors (Lipinski definition) is 2. The second-order valence-corrected chi connectivity index (χ2v) is 5.86. The number of carbonyl (C=O) groups excluding carboxylic acids is 2. The molecule has 0 saturated carbocycles. The average Bonchev–Trinajstić information content (AvgIpc) is 2.66. The van der Waals surface area contributed by atoms with Crippen LogP contribution in [0.4, 0.5) is 11.5 Å². The number of pyridine rings is 1. The molecule has 3 rings (SSSR count). The van der Waals surface area contributed by atoms with Gasteiger partial charge in [0.1, 0.15) is 19.0 Å². The van der Waals surface area contributed by atoms with E-state index < -0.39 is 0 Å². The van der Waals surface area contributed by atoms with E-state index in [1.165, 1.54) is 0 Å². The van der Waals surface area contributed by atoms with E-state index in [-0.39, 0.29) is 18.4 Å². The molecule has 0 radical (unpaired) electrons. The largest absolute Gasteiger partial charge is 0.486 e. The number of amides is 2. The Kier molecular flexibility index (Phi) is 5.21. The van der Waals surface area contributed by atoms with E-state index in [9.17, 15) is 9.59 Å². The average molecular weight is 356 g/mol. The van der Waals surface area contributed by atoms with Crippen LogP contribution in [-0.2, 0) is 4.79 Å². The monoisotopic (exact) mass is 356 g/mol. The highest BCUT2D eigenvalue weighted by atomic mass is 16.6. The van der Waals surface area contributed by atoms with Crippen LogP contribution in [0.5, 0.6) is 11.5 Å². The van der Waals surface area contributed by atoms with Crippen LogP contribution in [0.3, 0.4) is 0 Å². The fourth-order valence-corrected chi connectivity index (χ4v) is 2.51. The SMILES string of the molecule is CN(C)c1ncccc1C(=O)NCC(=O)Nc1ccc2c(c1)OCCO2. The molecular formula is C18H20N4O4. The number of aromatic nitrogens is 1. The van der Waals surface area contributed by atoms with Gasteiger partial charge >= 0.3 is 0 Å². The standard InChI is InChI=1S/C18H20N4O4/c1-22(2)17-13(4-3-7-19-17)18(24)20-11-16(23)21-12-5-6-14-15(10-12)26-9-8-25-14/h3-7,10H,8-9,11H2,1-2H3,(H,20,24)(H,21,23). The fourth-order valence-electron chi connectivity index (χ4n) is 2.51. The quantitative estimate of drug-likeness (QED) is 0.839. The second-order valence-electron chi connectivity index (χ2n) is 5.86. The molecule has 0 unspecified atom stereocenters. The van der Waals surface area contributed by atoms with Gasteiger partial charge in [-0.3, -0.25) is 9.59 Å². The number of hydrogen-bond acceptors (Lipinski definition) is 6. The van der Waals surface area contributed by atoms with Crippen LogP contribution in [0.25, 0.3) is 0 Å². The number of rotatable bonds is 5. The van der Waals surface area contributed by atoms with E-state index in [0.717, 1.165) is 0 Å². The van der Waals surface area contributed by atoms with Crippen molar-refractivity contribution in [2.45, 2.75) is 0 Å². The third kappa shape index (κ3) is 4.02. The highest BCUT2D eigenvalue weighted by molar-refractivity contribution is 6.02. The Morgan fingerprint density at radius 2 is 1.92 bits per heavy atom. The molecule has 0 aliphatic carbocycles. The minimum atomic E-state index is -0.362. The van der Waals surface area contributed by atoms with Crippen molar-refractivity contribution in [3.63, 3.8) is 0 Å². The third-order valence-corrected chi connectivity index (χ3v) is 3.69. The number of anilines is 2. The number of carbonyl (C=O) groups is 2. The number of nitrogens with one attached hydrogen (secondary N) is 2. The summed E-state index contributed by atoms with van der Waals surface area (Å²) in [4.78, 5) is 30.3. The van der Waals surface area contributed by atoms with E-state index in [1.807, 2.05) is 0 Å². The molecule has 2 aromatic rings. The number of nitrogens with zero attached hydrogens (tertiary/aromatic N) is 2. The van der Waals surface area contributed by atoms with Crippen molar-refractivity contribution in [2.24, 2.45) is 0 Å². The molecule has 1 aromatic heterocycles. The third-order valence-electron chi connectivity index (χ3n) is 3.69. The first kappa shape index (κ1) is 17.5. The van der Waals surface area contributed by atoms with Gasteiger partial charge in [0.25, 0.3) is 5.91 Å². The molecule has 0 saturated heterocycles. The molecule has 136 valence electrons. The molecule has 2 N–H and O–H groups in total. The smallest absolute Gasteiger partial charge is 0.255 e. The first-order chi connectivity index (χ1) is 12.5. The van der Waals surface area contributed by atoms with Crippen molar-refractivity contribution < 1.29 is 19.1 Å². The Hall–Kier alpha value is -3.29. The maximum absolute atomic E-state index is 12.3. The highest BCUT2D eigenvalue weighted by Gasteiger charge is 2.16. The number of benzene rings is 1. The van der Waals surface area contributed by atoms with E-state index in [4.69, 9.17) is 9.47 Å². The normalized spacial score (nSPS) is 12.2. The maximum Gasteiger partial charge on any atom is 0.255 e. The minimum Gasteiger partial charge on any atom is -0.486 e. The van der Waals surface area contributed by atoms with Gasteiger partial charge in [-0.1, -0.05) is 0 Å². The zero-order chi connectivity index (χ0) is 18.5. The molecule has 2 amide bonds. The molecule has 2 heterocycles. The Morgan fingerprint density at radius 3 is 2.69 bits per heavy atom. The van der Waals surface area contributed by atoms with E-state index >= 15 is 0 Å². The summed E-state index contributed by atoms with van der Waals surface area (Å²) in [5.74, 6) is 1.07. The summed E-state index contributed by atoms with van der Waals surface area (Å²) in [6.07, 6.45) is 1.61. The second kappa shape index (κ2) is 7.73. The van der Waals surface area contributed by atoms with Gasteiger partial charge in [0, 0.05) is 32.0 Å². The van der Waals surface area contributed by atoms with Crippen LogP contribution in [0.15, 0.2) is 36.5 Å². The summed E-state index contributed by atoms with van der Waals surface area (Å²) in [6.45, 7) is 0.822. The van der Waals surface area contributed by atoms with Gasteiger partial charge in [-0.05, 0) is 24.3 Å². The summed E-state index contributed by atoms with van der Waals surface area (Å²) >= 11 is 0. The Labute approximate surface area is 151 Å². The van der Waals surface area contributed by atoms with Crippen LogP contribution < -0.4 is 25.0 Å². The van der Waals surface area contributed by atoms with Gasteiger partial charge in [0.15, 0.2) is 11.5 Å². The molecule has 8 nitrogen and oxygen atoms in total. The summed E-state index contributed by atoms with van der Waals surface area (Å²) < 4.78 is 10.9. The van der Waals surface area contributed by atoms with Gasteiger partial charge < -0.3 is 25.0 Å². The van der Waals surface area contributed by atoms with Crippen LogP contribution >= 0.6 is 0 Å². The number of fused-ring (bicyclic) bond motifs is 1. The van der Waals surface area contributed by atoms with Gasteiger partial charge in [-0.2, -0.15) is 0 Å². The molecule has 0 bridgehead atoms. The first-order valence-corrected chi connectivity index (χ1v) is 8.14. The van der Waals surface area contributed by atoms with Crippen LogP contribution in [-0.4, -0.2) is 50.7 Å². The molecule has 1 aliphatic rings. The Bertz CT molecular complexity index is 823. The lowest BCUT2D eigenvalue weighted by atomic mass is 10.2. The van der Waals surface area contributed by atoms with Gasteiger partial charge in [-0.15, -0.1) is 0 Å². The van der Waals surface area contributed by atoms with Crippen molar-refractivity contribution in [1.82, 2.24) is 10.3 Å². The zero-order valence-electron chi connectivity index (χ0n) is 14.6. The Balaban J connectivity index is 1.58. The molecule has 26 heavy (non-hydrogen) atoms. The molecule has 1 aliphatic heterocycles. The van der Waals surface area contributed by atoms with Crippen LogP contribution in [0.2, 0.25) is 0 Å². The predicted octanol–water partition coefficient (Wildman–Crippen LogP) is 1.29. The van der Waals surface area contributed by atoms with Crippen LogP contribution in [0.1, 0.15) is 10.4 Å². The van der Waals surface area contributed by atoms with Crippen molar-refractivity contribution in [3.05, 3.63) is 42.1 Å². The summed E-state index contributed by atoms with van der Waals surface area (Å²) in [5, 5.41) is 5.32. The van der Waals surface area contributed by atoms with Crippen molar-refractivity contribution in [1.29, 1.82) is 0 Å². The van der Waals surface area contributed by atoms with Gasteiger partial charge in [0.2, 0.25) is 5.91 Å². The molecule has 0 spiro atoms. The lowest BCUT2D eigenvalue weighted by Crippen LogP contribution is -2.33. The molecular weight excluding hydrogens is 336 g/mol. The summed E-state index contributed by atoms with van der Waals surface area (Å²) in [7, 11) is 3.60. The summed E-state index contributed by atoms with van der Waals surface area (Å²) in [5.41, 5.74) is 0.980. The molecule has 0 fully saturated rings. The van der Waals surface area contributed by atoms with E-state index in [0.29, 0.717) is 41.8 Å². The summed E-state index contributed by atoms with van der Waals surface area (Å²) in [6, 6.07) is 8.49. The lowest BCUT2D eigenvalue weighted by Gasteiger charge is -2.19. The molecule has 1 aromatic carbocycles. The zero-order valence-corrected chi connectivity index (χ0v) is 14.6. The van der Waals surface area contributed by atoms with Crippen molar-refractivity contribution in [3.8, 4) is 11.5 Å². The van der Waals surface area contributed by atoms with Crippen molar-refractivity contribution in [2.75, 3.05) is 44.1 Å². The topological polar surface area (TPSA) is 92.8 Å². The van der Waals surface area contributed by atoms with E-state index in [2.05, 4.69) is 15.6 Å².